The minimum absolute atomic E-state index is 0.00196. The molecule has 6 nitrogen and oxygen atoms in total. The van der Waals surface area contributed by atoms with Crippen LogP contribution in [0.4, 0.5) is 0 Å². The Bertz CT molecular complexity index is 846. The second kappa shape index (κ2) is 9.96. The Hall–Kier alpha value is -2.02. The number of nitrogens with one attached hydrogen (secondary N) is 1. The molecular weight excluding hydrogens is 376 g/mol. The maximum absolute atomic E-state index is 11.7. The molecule has 1 aromatic heterocycles. The molecule has 0 saturated heterocycles. The molecule has 1 amide bonds. The summed E-state index contributed by atoms with van der Waals surface area (Å²) in [6.45, 7) is 2.79. The Morgan fingerprint density at radius 2 is 2.14 bits per heavy atom. The van der Waals surface area contributed by atoms with Crippen molar-refractivity contribution >= 4 is 29.4 Å². The SMILES string of the molecule is CC(=O)NCCC(COc1ccc2c(=O)ocnc2c1)C1CCC(CS)CC1. The molecule has 1 unspecified atom stereocenters. The van der Waals surface area contributed by atoms with Crippen molar-refractivity contribution in [3.63, 3.8) is 0 Å². The van der Waals surface area contributed by atoms with Crippen LogP contribution in [-0.4, -0.2) is 29.8 Å². The number of ether oxygens (including phenoxy) is 1. The normalized spacial score (nSPS) is 20.6. The summed E-state index contributed by atoms with van der Waals surface area (Å²) in [4.78, 5) is 27.0. The largest absolute Gasteiger partial charge is 0.493 e. The molecule has 7 heteroatoms. The lowest BCUT2D eigenvalue weighted by Gasteiger charge is -2.33. The number of nitrogens with zero attached hydrogens (tertiary/aromatic N) is 1. The van der Waals surface area contributed by atoms with E-state index in [0.29, 0.717) is 41.6 Å². The first-order chi connectivity index (χ1) is 13.6. The fourth-order valence-corrected chi connectivity index (χ4v) is 4.37. The zero-order valence-electron chi connectivity index (χ0n) is 16.2. The van der Waals surface area contributed by atoms with E-state index < -0.39 is 5.63 Å². The molecule has 1 aliphatic carbocycles. The predicted octanol–water partition coefficient (Wildman–Crippen LogP) is 3.45. The van der Waals surface area contributed by atoms with E-state index in [1.165, 1.54) is 25.7 Å². The van der Waals surface area contributed by atoms with Crippen LogP contribution in [0.2, 0.25) is 0 Å². The average molecular weight is 405 g/mol. The van der Waals surface area contributed by atoms with Crippen molar-refractivity contribution in [1.29, 1.82) is 0 Å². The molecule has 1 fully saturated rings. The summed E-state index contributed by atoms with van der Waals surface area (Å²) in [5.41, 5.74) is 0.170. The van der Waals surface area contributed by atoms with E-state index in [2.05, 4.69) is 22.9 Å². The molecule has 1 aliphatic rings. The van der Waals surface area contributed by atoms with Crippen LogP contribution in [0.3, 0.4) is 0 Å². The highest BCUT2D eigenvalue weighted by Gasteiger charge is 2.27. The Balaban J connectivity index is 1.64. The molecule has 0 spiro atoms. The minimum atomic E-state index is -0.398. The molecule has 0 bridgehead atoms. The van der Waals surface area contributed by atoms with E-state index in [4.69, 9.17) is 9.15 Å². The quantitative estimate of drug-likeness (QED) is 0.659. The van der Waals surface area contributed by atoms with Gasteiger partial charge in [-0.1, -0.05) is 0 Å². The topological polar surface area (TPSA) is 81.4 Å². The molecule has 152 valence electrons. The summed E-state index contributed by atoms with van der Waals surface area (Å²) in [6, 6.07) is 5.24. The minimum Gasteiger partial charge on any atom is -0.493 e. The monoisotopic (exact) mass is 404 g/mol. The van der Waals surface area contributed by atoms with Gasteiger partial charge in [-0.05, 0) is 67.7 Å². The second-order valence-corrected chi connectivity index (χ2v) is 7.99. The molecule has 0 aliphatic heterocycles. The van der Waals surface area contributed by atoms with Crippen LogP contribution in [0, 0.1) is 17.8 Å². The molecule has 28 heavy (non-hydrogen) atoms. The van der Waals surface area contributed by atoms with Gasteiger partial charge in [0.1, 0.15) is 5.75 Å². The Morgan fingerprint density at radius 1 is 1.36 bits per heavy atom. The molecule has 1 aromatic carbocycles. The first-order valence-corrected chi connectivity index (χ1v) is 10.6. The predicted molar refractivity (Wildman–Crippen MR) is 112 cm³/mol. The van der Waals surface area contributed by atoms with Gasteiger partial charge in [-0.25, -0.2) is 9.78 Å². The Kier molecular flexibility index (Phi) is 7.36. The van der Waals surface area contributed by atoms with Crippen molar-refractivity contribution in [3.8, 4) is 5.75 Å². The van der Waals surface area contributed by atoms with Crippen molar-refractivity contribution in [2.45, 2.75) is 39.0 Å². The van der Waals surface area contributed by atoms with E-state index >= 15 is 0 Å². The van der Waals surface area contributed by atoms with Crippen molar-refractivity contribution in [2.75, 3.05) is 18.9 Å². The number of fused-ring (bicyclic) bond motifs is 1. The van der Waals surface area contributed by atoms with Crippen LogP contribution in [-0.2, 0) is 4.79 Å². The van der Waals surface area contributed by atoms with Gasteiger partial charge < -0.3 is 14.5 Å². The number of rotatable bonds is 8. The van der Waals surface area contributed by atoms with Gasteiger partial charge in [-0.3, -0.25) is 4.79 Å². The standard InChI is InChI=1S/C21H28N2O4S/c1-14(24)22-9-8-17(16-4-2-15(12-28)3-5-16)11-26-18-6-7-19-20(10-18)23-13-27-21(19)25/h6-7,10,13,15-17,28H,2-5,8-9,11-12H2,1H3,(H,22,24). The van der Waals surface area contributed by atoms with Crippen LogP contribution >= 0.6 is 12.6 Å². The van der Waals surface area contributed by atoms with Gasteiger partial charge in [-0.15, -0.1) is 0 Å². The molecule has 2 aromatic rings. The number of hydrogen-bond acceptors (Lipinski definition) is 6. The van der Waals surface area contributed by atoms with Crippen LogP contribution < -0.4 is 15.7 Å². The third-order valence-corrected chi connectivity index (χ3v) is 6.23. The molecular formula is C21H28N2O4S. The lowest BCUT2D eigenvalue weighted by Crippen LogP contribution is -2.31. The lowest BCUT2D eigenvalue weighted by molar-refractivity contribution is -0.119. The first-order valence-electron chi connectivity index (χ1n) is 9.92. The summed E-state index contributed by atoms with van der Waals surface area (Å²) >= 11 is 4.44. The number of aromatic nitrogens is 1. The van der Waals surface area contributed by atoms with Gasteiger partial charge >= 0.3 is 5.63 Å². The number of amides is 1. The number of benzene rings is 1. The number of carbonyl (C=O) groups excluding carboxylic acids is 1. The summed E-state index contributed by atoms with van der Waals surface area (Å²) in [7, 11) is 0. The Labute approximate surface area is 170 Å². The summed E-state index contributed by atoms with van der Waals surface area (Å²) in [5.74, 6) is 3.33. The van der Waals surface area contributed by atoms with Crippen LogP contribution in [0.25, 0.3) is 10.9 Å². The highest BCUT2D eigenvalue weighted by molar-refractivity contribution is 7.80. The Morgan fingerprint density at radius 3 is 2.86 bits per heavy atom. The smallest absolute Gasteiger partial charge is 0.346 e. The summed E-state index contributed by atoms with van der Waals surface area (Å²) in [6.07, 6.45) is 6.83. The fraction of sp³-hybridized carbons (Fsp3) is 0.571. The van der Waals surface area contributed by atoms with Crippen molar-refractivity contribution in [3.05, 3.63) is 35.0 Å². The highest BCUT2D eigenvalue weighted by atomic mass is 32.1. The van der Waals surface area contributed by atoms with Gasteiger partial charge in [0.2, 0.25) is 5.91 Å². The zero-order chi connectivity index (χ0) is 19.9. The van der Waals surface area contributed by atoms with Crippen molar-refractivity contribution < 1.29 is 13.9 Å². The van der Waals surface area contributed by atoms with Crippen molar-refractivity contribution in [2.24, 2.45) is 17.8 Å². The highest BCUT2D eigenvalue weighted by Crippen LogP contribution is 2.35. The number of hydrogen-bond donors (Lipinski definition) is 2. The van der Waals surface area contributed by atoms with Gasteiger partial charge in [-0.2, -0.15) is 12.6 Å². The van der Waals surface area contributed by atoms with Gasteiger partial charge in [0.25, 0.3) is 0 Å². The molecule has 0 radical (unpaired) electrons. The van der Waals surface area contributed by atoms with Gasteiger partial charge in [0.05, 0.1) is 17.5 Å². The van der Waals surface area contributed by atoms with Crippen LogP contribution in [0.5, 0.6) is 5.75 Å². The third-order valence-electron chi connectivity index (χ3n) is 5.71. The molecule has 3 rings (SSSR count). The molecule has 1 heterocycles. The summed E-state index contributed by atoms with van der Waals surface area (Å²) in [5, 5.41) is 3.35. The van der Waals surface area contributed by atoms with E-state index in [1.54, 1.807) is 25.1 Å². The number of thiol groups is 1. The second-order valence-electron chi connectivity index (χ2n) is 7.62. The molecule has 1 saturated carbocycles. The maximum atomic E-state index is 11.7. The lowest BCUT2D eigenvalue weighted by atomic mass is 9.75. The third kappa shape index (κ3) is 5.50. The summed E-state index contributed by atoms with van der Waals surface area (Å²) < 4.78 is 10.9. The van der Waals surface area contributed by atoms with Crippen LogP contribution in [0.1, 0.15) is 39.0 Å². The van der Waals surface area contributed by atoms with Crippen molar-refractivity contribution in [1.82, 2.24) is 10.3 Å². The van der Waals surface area contributed by atoms with Crippen LogP contribution in [0.15, 0.2) is 33.8 Å². The average Bonchev–Trinajstić information content (AvgIpc) is 2.70. The van der Waals surface area contributed by atoms with Gasteiger partial charge in [0.15, 0.2) is 6.39 Å². The molecule has 1 N–H and O–H groups in total. The maximum Gasteiger partial charge on any atom is 0.346 e. The fourth-order valence-electron chi connectivity index (χ4n) is 4.01. The van der Waals surface area contributed by atoms with E-state index in [-0.39, 0.29) is 5.91 Å². The van der Waals surface area contributed by atoms with E-state index in [1.807, 2.05) is 0 Å². The number of carbonyl (C=O) groups is 1. The van der Waals surface area contributed by atoms with Gasteiger partial charge in [0, 0.05) is 19.5 Å². The zero-order valence-corrected chi connectivity index (χ0v) is 17.1. The van der Waals surface area contributed by atoms with E-state index in [0.717, 1.165) is 24.5 Å². The molecule has 1 atom stereocenters. The van der Waals surface area contributed by atoms with E-state index in [9.17, 15) is 9.59 Å². The first kappa shape index (κ1) is 20.7.